The van der Waals surface area contributed by atoms with Crippen molar-refractivity contribution in [2.75, 3.05) is 13.1 Å². The summed E-state index contributed by atoms with van der Waals surface area (Å²) in [7, 11) is -4.07. The molecular formula is C27H22F2N4O3S2. The summed E-state index contributed by atoms with van der Waals surface area (Å²) in [6.45, 7) is 1.60. The number of carbonyl (C=O) groups is 1. The number of sulfonamides is 1. The van der Waals surface area contributed by atoms with Crippen molar-refractivity contribution < 1.29 is 22.0 Å². The number of halogens is 2. The molecule has 11 heteroatoms. The second-order valence-corrected chi connectivity index (χ2v) is 12.4. The minimum atomic E-state index is -4.07. The molecule has 1 aliphatic heterocycles. The number of carbonyl (C=O) groups excluding carboxylic acids is 1. The number of ketones is 1. The van der Waals surface area contributed by atoms with E-state index in [0.717, 1.165) is 22.9 Å². The number of piperidine rings is 1. The van der Waals surface area contributed by atoms with E-state index in [4.69, 9.17) is 0 Å². The molecule has 6 rings (SSSR count). The summed E-state index contributed by atoms with van der Waals surface area (Å²) in [5.74, 6) is -1.22. The summed E-state index contributed by atoms with van der Waals surface area (Å²) in [6, 6.07) is 9.81. The molecule has 7 nitrogen and oxygen atoms in total. The Morgan fingerprint density at radius 2 is 1.92 bits per heavy atom. The topological polar surface area (TPSA) is 85.2 Å². The zero-order valence-corrected chi connectivity index (χ0v) is 21.9. The van der Waals surface area contributed by atoms with Crippen molar-refractivity contribution in [2.45, 2.75) is 24.7 Å². The van der Waals surface area contributed by atoms with Gasteiger partial charge < -0.3 is 0 Å². The van der Waals surface area contributed by atoms with Gasteiger partial charge in [-0.15, -0.1) is 11.3 Å². The first-order chi connectivity index (χ1) is 18.2. The first-order valence-corrected chi connectivity index (χ1v) is 14.3. The second-order valence-electron chi connectivity index (χ2n) is 9.54. The number of hydrogen-bond donors (Lipinski definition) is 0. The van der Waals surface area contributed by atoms with Crippen LogP contribution >= 0.6 is 11.3 Å². The largest absolute Gasteiger partial charge is 0.290 e. The maximum atomic E-state index is 14.3. The Morgan fingerprint density at radius 3 is 2.63 bits per heavy atom. The molecule has 4 aromatic rings. The zero-order chi connectivity index (χ0) is 26.7. The van der Waals surface area contributed by atoms with Crippen LogP contribution in [0.15, 0.2) is 70.7 Å². The Labute approximate surface area is 222 Å². The maximum Gasteiger partial charge on any atom is 0.243 e. The van der Waals surface area contributed by atoms with Gasteiger partial charge in [-0.25, -0.2) is 26.9 Å². The van der Waals surface area contributed by atoms with Gasteiger partial charge in [-0.1, -0.05) is 11.6 Å². The number of aromatic nitrogens is 3. The van der Waals surface area contributed by atoms with Crippen LogP contribution in [0.4, 0.5) is 8.78 Å². The van der Waals surface area contributed by atoms with Crippen molar-refractivity contribution in [1.29, 1.82) is 0 Å². The number of aryl methyl sites for hydroxylation is 1. The number of nitrogens with zero attached hydrogens (tertiary/aromatic N) is 4. The van der Waals surface area contributed by atoms with Crippen LogP contribution in [-0.2, 0) is 16.4 Å². The van der Waals surface area contributed by atoms with E-state index in [-0.39, 0.29) is 36.0 Å². The predicted octanol–water partition coefficient (Wildman–Crippen LogP) is 4.82. The summed E-state index contributed by atoms with van der Waals surface area (Å²) >= 11 is 1.21. The molecule has 0 amide bonds. The fourth-order valence-corrected chi connectivity index (χ4v) is 7.42. The van der Waals surface area contributed by atoms with Crippen LogP contribution in [0.3, 0.4) is 0 Å². The number of thiazole rings is 1. The molecule has 0 bridgehead atoms. The summed E-state index contributed by atoms with van der Waals surface area (Å²) in [5.41, 5.74) is 2.16. The average Bonchev–Trinajstić information content (AvgIpc) is 3.59. The van der Waals surface area contributed by atoms with Crippen LogP contribution in [0.5, 0.6) is 0 Å². The maximum absolute atomic E-state index is 14.3. The quantitative estimate of drug-likeness (QED) is 0.332. The molecule has 0 spiro atoms. The van der Waals surface area contributed by atoms with Gasteiger partial charge in [-0.3, -0.25) is 4.79 Å². The number of Topliss-reactive ketones (excluding diaryl/α,β-unsaturated/α-hetero) is 1. The van der Waals surface area contributed by atoms with Gasteiger partial charge in [-0.2, -0.15) is 9.40 Å². The molecule has 1 unspecified atom stereocenters. The highest BCUT2D eigenvalue weighted by molar-refractivity contribution is 7.89. The standard InChI is InChI=1S/C27H22F2N4O3S2/c1-17-2-7-22(13-23(17)29)38(35,36)32-10-8-19-12-24-18(15-31-33(24)21-5-3-20(28)4-6-21)14-27(19,16-32)25(34)26-30-9-11-37-26/h2-7,9,11-13,15H,8,10,14,16H2,1H3. The van der Waals surface area contributed by atoms with Crippen molar-refractivity contribution in [3.8, 4) is 5.69 Å². The van der Waals surface area contributed by atoms with Crippen LogP contribution in [0.1, 0.15) is 33.0 Å². The molecule has 1 fully saturated rings. The Bertz CT molecular complexity index is 1700. The number of hydrogen-bond acceptors (Lipinski definition) is 6. The highest BCUT2D eigenvalue weighted by Crippen LogP contribution is 2.47. The molecule has 3 heterocycles. The van der Waals surface area contributed by atoms with Gasteiger partial charge in [0.05, 0.1) is 27.9 Å². The predicted molar refractivity (Wildman–Crippen MR) is 139 cm³/mol. The minimum Gasteiger partial charge on any atom is -0.290 e. The van der Waals surface area contributed by atoms with Crippen molar-refractivity contribution in [3.63, 3.8) is 0 Å². The van der Waals surface area contributed by atoms with Crippen LogP contribution < -0.4 is 0 Å². The Hall–Kier alpha value is -3.54. The molecule has 2 aliphatic rings. The van der Waals surface area contributed by atoms with Gasteiger partial charge in [0, 0.05) is 24.7 Å². The van der Waals surface area contributed by atoms with Crippen molar-refractivity contribution in [3.05, 3.63) is 99.3 Å². The third kappa shape index (κ3) is 3.93. The molecule has 1 saturated heterocycles. The van der Waals surface area contributed by atoms with Crippen LogP contribution in [0.25, 0.3) is 11.8 Å². The smallest absolute Gasteiger partial charge is 0.243 e. The summed E-state index contributed by atoms with van der Waals surface area (Å²) in [5, 5.41) is 6.50. The molecule has 2 aromatic carbocycles. The number of rotatable bonds is 5. The fourth-order valence-electron chi connectivity index (χ4n) is 5.23. The molecule has 0 N–H and O–H groups in total. The first kappa shape index (κ1) is 24.8. The fraction of sp³-hybridized carbons (Fsp3) is 0.222. The molecule has 2 aromatic heterocycles. The lowest BCUT2D eigenvalue weighted by molar-refractivity contribution is 0.0775. The van der Waals surface area contributed by atoms with E-state index in [1.807, 2.05) is 6.08 Å². The van der Waals surface area contributed by atoms with Gasteiger partial charge in [0.25, 0.3) is 0 Å². The van der Waals surface area contributed by atoms with E-state index < -0.39 is 21.3 Å². The minimum absolute atomic E-state index is 0.101. The normalized spacial score (nSPS) is 19.5. The molecule has 194 valence electrons. The van der Waals surface area contributed by atoms with Crippen LogP contribution in [0.2, 0.25) is 0 Å². The lowest BCUT2D eigenvalue weighted by Gasteiger charge is -2.44. The monoisotopic (exact) mass is 552 g/mol. The number of benzene rings is 2. The highest BCUT2D eigenvalue weighted by Gasteiger charge is 2.51. The second kappa shape index (κ2) is 9.04. The summed E-state index contributed by atoms with van der Waals surface area (Å²) in [4.78, 5) is 18.1. The van der Waals surface area contributed by atoms with Crippen molar-refractivity contribution >= 4 is 33.2 Å². The first-order valence-electron chi connectivity index (χ1n) is 11.9. The van der Waals surface area contributed by atoms with Gasteiger partial charge in [0.15, 0.2) is 5.01 Å². The molecule has 0 radical (unpaired) electrons. The van der Waals surface area contributed by atoms with Crippen LogP contribution in [-0.4, -0.2) is 46.4 Å². The summed E-state index contributed by atoms with van der Waals surface area (Å²) < 4.78 is 58.0. The number of fused-ring (bicyclic) bond motifs is 2. The third-order valence-electron chi connectivity index (χ3n) is 7.29. The van der Waals surface area contributed by atoms with E-state index in [9.17, 15) is 22.0 Å². The molecule has 1 aliphatic carbocycles. The SMILES string of the molecule is Cc1ccc(S(=O)(=O)N2CCC3=Cc4c(cnn4-c4ccc(F)cc4)CC3(C(=O)c3nccs3)C2)cc1F. The van der Waals surface area contributed by atoms with Crippen LogP contribution in [0, 0.1) is 24.0 Å². The third-order valence-corrected chi connectivity index (χ3v) is 9.91. The molecule has 38 heavy (non-hydrogen) atoms. The molecule has 0 saturated carbocycles. The zero-order valence-electron chi connectivity index (χ0n) is 20.3. The molecular weight excluding hydrogens is 530 g/mol. The van der Waals surface area contributed by atoms with Gasteiger partial charge in [0.1, 0.15) is 11.6 Å². The average molecular weight is 553 g/mol. The van der Waals surface area contributed by atoms with Gasteiger partial charge in [0.2, 0.25) is 15.8 Å². The lowest BCUT2D eigenvalue weighted by atomic mass is 9.66. The highest BCUT2D eigenvalue weighted by atomic mass is 32.2. The van der Waals surface area contributed by atoms with Crippen molar-refractivity contribution in [1.82, 2.24) is 19.1 Å². The Morgan fingerprint density at radius 1 is 1.13 bits per heavy atom. The lowest BCUT2D eigenvalue weighted by Crippen LogP contribution is -2.53. The Kier molecular flexibility index (Phi) is 5.89. The van der Waals surface area contributed by atoms with E-state index in [2.05, 4.69) is 10.1 Å². The Balaban J connectivity index is 1.44. The van der Waals surface area contributed by atoms with E-state index >= 15 is 0 Å². The van der Waals surface area contributed by atoms with E-state index in [1.165, 1.54) is 39.9 Å². The van der Waals surface area contributed by atoms with E-state index in [1.54, 1.807) is 41.5 Å². The molecule has 1 atom stereocenters. The van der Waals surface area contributed by atoms with Gasteiger partial charge >= 0.3 is 0 Å². The summed E-state index contributed by atoms with van der Waals surface area (Å²) in [6.07, 6.45) is 5.63. The van der Waals surface area contributed by atoms with Gasteiger partial charge in [-0.05, 0) is 73.4 Å². The van der Waals surface area contributed by atoms with Crippen molar-refractivity contribution in [2.24, 2.45) is 5.41 Å². The van der Waals surface area contributed by atoms with E-state index in [0.29, 0.717) is 22.7 Å².